The summed E-state index contributed by atoms with van der Waals surface area (Å²) in [6.45, 7) is 3.70. The molecule has 178 valence electrons. The van der Waals surface area contributed by atoms with Crippen LogP contribution in [0.4, 0.5) is 0 Å². The normalized spacial score (nSPS) is 12.0. The number of nitrogens with zero attached hydrogens (tertiary/aromatic N) is 1. The molecule has 0 aromatic heterocycles. The van der Waals surface area contributed by atoms with E-state index in [9.17, 15) is 13.2 Å². The maximum atomic E-state index is 12.6. The van der Waals surface area contributed by atoms with Crippen molar-refractivity contribution in [3.05, 3.63) is 58.6 Å². The molecule has 9 heteroatoms. The molecule has 0 heterocycles. The molecule has 1 amide bonds. The van der Waals surface area contributed by atoms with Crippen LogP contribution in [0.3, 0.4) is 0 Å². The van der Waals surface area contributed by atoms with Gasteiger partial charge in [-0.25, -0.2) is 14.3 Å². The minimum absolute atomic E-state index is 0.160. The van der Waals surface area contributed by atoms with Gasteiger partial charge in [0.15, 0.2) is 21.3 Å². The number of hydrogen-bond acceptors (Lipinski definition) is 6. The number of hydrogen-bond donors (Lipinski definition) is 1. The van der Waals surface area contributed by atoms with Gasteiger partial charge in [-0.05, 0) is 54.3 Å². The minimum Gasteiger partial charge on any atom is -0.493 e. The fraction of sp³-hybridized carbons (Fsp3) is 0.375. The van der Waals surface area contributed by atoms with Crippen molar-refractivity contribution >= 4 is 27.3 Å². The van der Waals surface area contributed by atoms with E-state index in [1.165, 1.54) is 7.11 Å². The van der Waals surface area contributed by atoms with E-state index in [-0.39, 0.29) is 19.1 Å². The number of rotatable bonds is 9. The van der Waals surface area contributed by atoms with E-state index in [0.29, 0.717) is 22.9 Å². The third-order valence-corrected chi connectivity index (χ3v) is 6.76. The molecule has 0 fully saturated rings. The van der Waals surface area contributed by atoms with Gasteiger partial charge in [0.25, 0.3) is 5.91 Å². The number of sulfone groups is 1. The van der Waals surface area contributed by atoms with Crippen molar-refractivity contribution in [2.75, 3.05) is 26.5 Å². The smallest absolute Gasteiger partial charge is 0.255 e. The van der Waals surface area contributed by atoms with E-state index < -0.39 is 21.0 Å². The number of carbonyl (C=O) groups is 1. The molecule has 2 N–H and O–H groups in total. The highest BCUT2D eigenvalue weighted by atomic mass is 35.5. The van der Waals surface area contributed by atoms with Gasteiger partial charge in [-0.1, -0.05) is 43.4 Å². The van der Waals surface area contributed by atoms with Crippen LogP contribution in [-0.4, -0.2) is 51.1 Å². The van der Waals surface area contributed by atoms with Crippen LogP contribution in [0.2, 0.25) is 5.02 Å². The van der Waals surface area contributed by atoms with Crippen LogP contribution < -0.4 is 15.3 Å². The molecule has 0 aliphatic carbocycles. The number of carbonyl (C=O) groups excluding carboxylic acids is 1. The van der Waals surface area contributed by atoms with Gasteiger partial charge in [0, 0.05) is 23.4 Å². The first-order chi connectivity index (χ1) is 15.5. The predicted octanol–water partition coefficient (Wildman–Crippen LogP) is 3.09. The second kappa shape index (κ2) is 11.9. The number of benzene rings is 2. The summed E-state index contributed by atoms with van der Waals surface area (Å²) in [6, 6.07) is 12.6. The average Bonchev–Trinajstić information content (AvgIpc) is 2.75. The summed E-state index contributed by atoms with van der Waals surface area (Å²) in [4.78, 5) is 12.6. The summed E-state index contributed by atoms with van der Waals surface area (Å²) in [5.74, 6) is 11.9. The first-order valence-corrected chi connectivity index (χ1v) is 12.6. The first kappa shape index (κ1) is 26.5. The van der Waals surface area contributed by atoms with E-state index in [1.54, 1.807) is 38.1 Å². The van der Waals surface area contributed by atoms with E-state index >= 15 is 0 Å². The fourth-order valence-electron chi connectivity index (χ4n) is 3.26. The van der Waals surface area contributed by atoms with Gasteiger partial charge in [0.2, 0.25) is 0 Å². The highest BCUT2D eigenvalue weighted by molar-refractivity contribution is 7.92. The molecule has 33 heavy (non-hydrogen) atoms. The predicted molar refractivity (Wildman–Crippen MR) is 130 cm³/mol. The molecule has 1 atom stereocenters. The number of amides is 1. The fourth-order valence-corrected chi connectivity index (χ4v) is 4.87. The topological polar surface area (TPSA) is 98.9 Å². The van der Waals surface area contributed by atoms with Gasteiger partial charge < -0.3 is 9.47 Å². The van der Waals surface area contributed by atoms with Crippen LogP contribution in [-0.2, 0) is 21.1 Å². The van der Waals surface area contributed by atoms with Crippen molar-refractivity contribution in [1.29, 1.82) is 0 Å². The summed E-state index contributed by atoms with van der Waals surface area (Å²) < 4.78 is 35.0. The van der Waals surface area contributed by atoms with E-state index in [1.807, 2.05) is 18.2 Å². The zero-order valence-electron chi connectivity index (χ0n) is 19.2. The molecule has 0 bridgehead atoms. The Balaban J connectivity index is 1.98. The second-order valence-corrected chi connectivity index (χ2v) is 10.5. The maximum absolute atomic E-state index is 12.6. The van der Waals surface area contributed by atoms with Crippen molar-refractivity contribution in [3.8, 4) is 23.3 Å². The summed E-state index contributed by atoms with van der Waals surface area (Å²) in [7, 11) is -2.03. The monoisotopic (exact) mass is 492 g/mol. The van der Waals surface area contributed by atoms with Crippen molar-refractivity contribution in [2.45, 2.75) is 25.5 Å². The molecule has 2 aromatic carbocycles. The minimum atomic E-state index is -3.56. The standard InChI is InChI=1S/C24H29ClN2O5S/c1-17(2)23(33(4,29)30)24(28)27(26)14-13-19-9-12-21(22(16-19)31-3)32-15-5-6-18-7-10-20(25)11-8-18/h7-12,16-17,23H,13-15,26H2,1-4H3. The van der Waals surface area contributed by atoms with Gasteiger partial charge in [-0.2, -0.15) is 0 Å². The molecule has 1 unspecified atom stereocenters. The summed E-state index contributed by atoms with van der Waals surface area (Å²) >= 11 is 5.86. The highest BCUT2D eigenvalue weighted by Gasteiger charge is 2.34. The van der Waals surface area contributed by atoms with Gasteiger partial charge >= 0.3 is 0 Å². The summed E-state index contributed by atoms with van der Waals surface area (Å²) in [5.41, 5.74) is 1.69. The molecule has 0 radical (unpaired) electrons. The Bertz CT molecular complexity index is 1120. The molecule has 2 rings (SSSR count). The first-order valence-electron chi connectivity index (χ1n) is 10.3. The molecular formula is C24H29ClN2O5S. The average molecular weight is 493 g/mol. The largest absolute Gasteiger partial charge is 0.493 e. The summed E-state index contributed by atoms with van der Waals surface area (Å²) in [5, 5.41) is 0.454. The maximum Gasteiger partial charge on any atom is 0.255 e. The van der Waals surface area contributed by atoms with Gasteiger partial charge in [0.1, 0.15) is 11.9 Å². The van der Waals surface area contributed by atoms with E-state index in [0.717, 1.165) is 22.4 Å². The number of methoxy groups -OCH3 is 1. The number of nitrogens with two attached hydrogens (primary N) is 1. The Morgan fingerprint density at radius 2 is 1.82 bits per heavy atom. The Kier molecular flexibility index (Phi) is 9.59. The van der Waals surface area contributed by atoms with Crippen LogP contribution in [0.15, 0.2) is 42.5 Å². The van der Waals surface area contributed by atoms with Crippen molar-refractivity contribution in [3.63, 3.8) is 0 Å². The van der Waals surface area contributed by atoms with Gasteiger partial charge in [-0.3, -0.25) is 9.80 Å². The number of hydrazine groups is 1. The lowest BCUT2D eigenvalue weighted by atomic mass is 10.1. The Morgan fingerprint density at radius 1 is 1.15 bits per heavy atom. The van der Waals surface area contributed by atoms with Crippen molar-refractivity contribution < 1.29 is 22.7 Å². The van der Waals surface area contributed by atoms with Crippen LogP contribution in [0, 0.1) is 17.8 Å². The second-order valence-electron chi connectivity index (χ2n) is 7.86. The van der Waals surface area contributed by atoms with Crippen molar-refractivity contribution in [1.82, 2.24) is 5.01 Å². The molecule has 0 saturated heterocycles. The molecule has 0 aliphatic heterocycles. The quantitative estimate of drug-likeness (QED) is 0.250. The third-order valence-electron chi connectivity index (χ3n) is 4.84. The lowest BCUT2D eigenvalue weighted by molar-refractivity contribution is -0.131. The SMILES string of the molecule is COc1cc(CCN(N)C(=O)C(C(C)C)S(C)(=O)=O)ccc1OCC#Cc1ccc(Cl)cc1. The van der Waals surface area contributed by atoms with E-state index in [4.69, 9.17) is 26.9 Å². The molecular weight excluding hydrogens is 464 g/mol. The Hall–Kier alpha value is -2.73. The van der Waals surface area contributed by atoms with Crippen molar-refractivity contribution in [2.24, 2.45) is 11.8 Å². The Labute approximate surface area is 200 Å². The van der Waals surface area contributed by atoms with Crippen LogP contribution in [0.25, 0.3) is 0 Å². The molecule has 0 spiro atoms. The lowest BCUT2D eigenvalue weighted by Gasteiger charge is -2.24. The van der Waals surface area contributed by atoms with Crippen LogP contribution in [0.1, 0.15) is 25.0 Å². The summed E-state index contributed by atoms with van der Waals surface area (Å²) in [6.07, 6.45) is 1.47. The molecule has 7 nitrogen and oxygen atoms in total. The number of halogens is 1. The van der Waals surface area contributed by atoms with Gasteiger partial charge in [0.05, 0.1) is 7.11 Å². The van der Waals surface area contributed by atoms with Crippen LogP contribution >= 0.6 is 11.6 Å². The zero-order valence-corrected chi connectivity index (χ0v) is 20.7. The molecule has 2 aromatic rings. The number of ether oxygens (including phenoxy) is 2. The lowest BCUT2D eigenvalue weighted by Crippen LogP contribution is -2.49. The van der Waals surface area contributed by atoms with E-state index in [2.05, 4.69) is 11.8 Å². The third kappa shape index (κ3) is 7.97. The van der Waals surface area contributed by atoms with Crippen LogP contribution in [0.5, 0.6) is 11.5 Å². The Morgan fingerprint density at radius 3 is 2.39 bits per heavy atom. The highest BCUT2D eigenvalue weighted by Crippen LogP contribution is 2.28. The van der Waals surface area contributed by atoms with Gasteiger partial charge in [-0.15, -0.1) is 0 Å². The zero-order chi connectivity index (χ0) is 24.6. The molecule has 0 aliphatic rings. The molecule has 0 saturated carbocycles.